The van der Waals surface area contributed by atoms with Crippen molar-refractivity contribution in [2.75, 3.05) is 6.61 Å². The summed E-state index contributed by atoms with van der Waals surface area (Å²) in [6.07, 6.45) is 1.75. The van der Waals surface area contributed by atoms with E-state index in [0.717, 1.165) is 5.56 Å². The lowest BCUT2D eigenvalue weighted by atomic mass is 9.86. The summed E-state index contributed by atoms with van der Waals surface area (Å²) >= 11 is 0. The van der Waals surface area contributed by atoms with Crippen LogP contribution in [0.3, 0.4) is 0 Å². The number of carbonyl (C=O) groups excluding carboxylic acids is 1. The summed E-state index contributed by atoms with van der Waals surface area (Å²) in [4.78, 5) is 24.8. The van der Waals surface area contributed by atoms with Gasteiger partial charge in [-0.25, -0.2) is 4.79 Å². The molecule has 0 N–H and O–H groups in total. The van der Waals surface area contributed by atoms with Crippen molar-refractivity contribution in [2.45, 2.75) is 12.3 Å². The molecule has 4 rings (SSSR count). The highest BCUT2D eigenvalue weighted by Gasteiger charge is 2.33. The van der Waals surface area contributed by atoms with Crippen LogP contribution in [-0.2, 0) is 4.79 Å². The molecule has 0 radical (unpaired) electrons. The van der Waals surface area contributed by atoms with E-state index in [4.69, 9.17) is 13.9 Å². The highest BCUT2D eigenvalue weighted by atomic mass is 16.5. The largest absolute Gasteiger partial charge is 0.490 e. The van der Waals surface area contributed by atoms with Crippen molar-refractivity contribution in [3.8, 4) is 11.5 Å². The second kappa shape index (κ2) is 6.52. The van der Waals surface area contributed by atoms with Gasteiger partial charge in [0.1, 0.15) is 17.9 Å². The minimum absolute atomic E-state index is 0.0863. The summed E-state index contributed by atoms with van der Waals surface area (Å²) < 4.78 is 16.3. The third kappa shape index (κ3) is 2.77. The predicted octanol–water partition coefficient (Wildman–Crippen LogP) is 3.80. The Morgan fingerprint density at radius 2 is 1.88 bits per heavy atom. The van der Waals surface area contributed by atoms with Gasteiger partial charge in [-0.1, -0.05) is 36.9 Å². The van der Waals surface area contributed by atoms with E-state index in [2.05, 4.69) is 6.58 Å². The van der Waals surface area contributed by atoms with E-state index in [1.54, 1.807) is 36.4 Å². The van der Waals surface area contributed by atoms with Crippen LogP contribution in [0.25, 0.3) is 11.0 Å². The van der Waals surface area contributed by atoms with Crippen LogP contribution in [0.4, 0.5) is 0 Å². The molecule has 0 amide bonds. The summed E-state index contributed by atoms with van der Waals surface area (Å²) in [5.74, 6) is 0.202. The number of ether oxygens (including phenoxy) is 2. The van der Waals surface area contributed by atoms with Crippen molar-refractivity contribution in [1.29, 1.82) is 0 Å². The molecule has 0 saturated carbocycles. The number of hydrogen-bond acceptors (Lipinski definition) is 5. The summed E-state index contributed by atoms with van der Waals surface area (Å²) in [5, 5.41) is 0.617. The van der Waals surface area contributed by atoms with Crippen molar-refractivity contribution in [1.82, 2.24) is 0 Å². The van der Waals surface area contributed by atoms with E-state index in [1.165, 1.54) is 0 Å². The molecule has 0 spiro atoms. The molecule has 1 aliphatic rings. The van der Waals surface area contributed by atoms with Gasteiger partial charge in [0.05, 0.1) is 17.4 Å². The predicted molar refractivity (Wildman–Crippen MR) is 96.7 cm³/mol. The Bertz CT molecular complexity index is 1050. The fourth-order valence-electron chi connectivity index (χ4n) is 3.21. The minimum atomic E-state index is -0.483. The zero-order valence-electron chi connectivity index (χ0n) is 13.9. The van der Waals surface area contributed by atoms with Gasteiger partial charge in [-0.15, -0.1) is 0 Å². The van der Waals surface area contributed by atoms with E-state index in [0.29, 0.717) is 34.6 Å². The molecule has 0 aliphatic carbocycles. The molecular weight excluding hydrogens is 332 g/mol. The van der Waals surface area contributed by atoms with E-state index >= 15 is 0 Å². The van der Waals surface area contributed by atoms with Gasteiger partial charge in [-0.05, 0) is 29.8 Å². The maximum Gasteiger partial charge on any atom is 0.343 e. The van der Waals surface area contributed by atoms with Crippen molar-refractivity contribution < 1.29 is 18.7 Å². The van der Waals surface area contributed by atoms with Gasteiger partial charge < -0.3 is 13.9 Å². The van der Waals surface area contributed by atoms with E-state index < -0.39 is 11.5 Å². The normalized spacial score (nSPS) is 16.0. The number of carbonyl (C=O) groups is 1. The van der Waals surface area contributed by atoms with Gasteiger partial charge in [0.15, 0.2) is 5.75 Å². The monoisotopic (exact) mass is 348 g/mol. The molecule has 2 heterocycles. The lowest BCUT2D eigenvalue weighted by molar-refractivity contribution is -0.135. The van der Waals surface area contributed by atoms with E-state index in [9.17, 15) is 9.59 Å². The summed E-state index contributed by atoms with van der Waals surface area (Å²) in [5.41, 5.74) is 1.13. The van der Waals surface area contributed by atoms with Gasteiger partial charge >= 0.3 is 11.6 Å². The van der Waals surface area contributed by atoms with Gasteiger partial charge in [0, 0.05) is 5.92 Å². The number of benzene rings is 2. The van der Waals surface area contributed by atoms with Crippen LogP contribution < -0.4 is 15.1 Å². The molecule has 1 aliphatic heterocycles. The molecular formula is C21H16O5. The Morgan fingerprint density at radius 1 is 1.12 bits per heavy atom. The maximum absolute atomic E-state index is 12.6. The average molecular weight is 348 g/mol. The Kier molecular flexibility index (Phi) is 4.05. The molecule has 0 unspecified atom stereocenters. The highest BCUT2D eigenvalue weighted by molar-refractivity contribution is 5.90. The molecule has 1 atom stereocenters. The number of hydrogen-bond donors (Lipinski definition) is 0. The van der Waals surface area contributed by atoms with Crippen LogP contribution >= 0.6 is 0 Å². The molecule has 1 aromatic heterocycles. The molecule has 3 aromatic rings. The first kappa shape index (κ1) is 16.1. The SMILES string of the molecule is C=CCOc1ccc([C@@H]2CC(=O)Oc3c2c(=O)oc2ccccc32)cc1. The van der Waals surface area contributed by atoms with Crippen LogP contribution in [0.15, 0.2) is 70.4 Å². The fraction of sp³-hybridized carbons (Fsp3) is 0.143. The summed E-state index contributed by atoms with van der Waals surface area (Å²) in [6.45, 7) is 4.02. The van der Waals surface area contributed by atoms with Crippen molar-refractivity contribution in [3.63, 3.8) is 0 Å². The zero-order valence-corrected chi connectivity index (χ0v) is 13.9. The Balaban J connectivity index is 1.82. The van der Waals surface area contributed by atoms with Gasteiger partial charge in [0.2, 0.25) is 0 Å². The second-order valence-electron chi connectivity index (χ2n) is 6.03. The Labute approximate surface area is 149 Å². The van der Waals surface area contributed by atoms with Gasteiger partial charge in [0.25, 0.3) is 0 Å². The highest BCUT2D eigenvalue weighted by Crippen LogP contribution is 2.40. The average Bonchev–Trinajstić information content (AvgIpc) is 2.66. The van der Waals surface area contributed by atoms with Gasteiger partial charge in [-0.3, -0.25) is 4.79 Å². The fourth-order valence-corrected chi connectivity index (χ4v) is 3.21. The summed E-state index contributed by atoms with van der Waals surface area (Å²) in [7, 11) is 0. The Morgan fingerprint density at radius 3 is 2.65 bits per heavy atom. The van der Waals surface area contributed by atoms with Crippen LogP contribution in [-0.4, -0.2) is 12.6 Å². The topological polar surface area (TPSA) is 65.7 Å². The lowest BCUT2D eigenvalue weighted by Gasteiger charge is -2.24. The molecule has 5 nitrogen and oxygen atoms in total. The van der Waals surface area contributed by atoms with E-state index in [-0.39, 0.29) is 12.4 Å². The first-order chi connectivity index (χ1) is 12.7. The number of rotatable bonds is 4. The molecule has 2 aromatic carbocycles. The minimum Gasteiger partial charge on any atom is -0.490 e. The standard InChI is InChI=1S/C21H16O5/c1-2-11-24-14-9-7-13(8-10-14)16-12-18(22)26-20-15-5-3-4-6-17(15)25-21(23)19(16)20/h2-10,16H,1,11-12H2/t16-/m0/s1. The Hall–Kier alpha value is -3.34. The van der Waals surface area contributed by atoms with Crippen LogP contribution in [0, 0.1) is 0 Å². The quantitative estimate of drug-likeness (QED) is 0.408. The maximum atomic E-state index is 12.6. The van der Waals surface area contributed by atoms with Gasteiger partial charge in [-0.2, -0.15) is 0 Å². The zero-order chi connectivity index (χ0) is 18.1. The van der Waals surface area contributed by atoms with Crippen LogP contribution in [0.1, 0.15) is 23.5 Å². The smallest absolute Gasteiger partial charge is 0.343 e. The molecule has 130 valence electrons. The first-order valence-corrected chi connectivity index (χ1v) is 8.27. The number of esters is 1. The van der Waals surface area contributed by atoms with Crippen molar-refractivity contribution in [3.05, 3.63) is 82.7 Å². The molecule has 5 heteroatoms. The van der Waals surface area contributed by atoms with Crippen molar-refractivity contribution >= 4 is 16.9 Å². The number of para-hydroxylation sites is 1. The lowest BCUT2D eigenvalue weighted by Crippen LogP contribution is -2.26. The van der Waals surface area contributed by atoms with Crippen LogP contribution in [0.5, 0.6) is 11.5 Å². The first-order valence-electron chi connectivity index (χ1n) is 8.27. The third-order valence-corrected chi connectivity index (χ3v) is 4.38. The molecule has 0 bridgehead atoms. The third-order valence-electron chi connectivity index (χ3n) is 4.38. The second-order valence-corrected chi connectivity index (χ2v) is 6.03. The van der Waals surface area contributed by atoms with Crippen molar-refractivity contribution in [2.24, 2.45) is 0 Å². The number of fused-ring (bicyclic) bond motifs is 3. The summed E-state index contributed by atoms with van der Waals surface area (Å²) in [6, 6.07) is 14.3. The van der Waals surface area contributed by atoms with Crippen LogP contribution in [0.2, 0.25) is 0 Å². The molecule has 26 heavy (non-hydrogen) atoms. The molecule has 0 fully saturated rings. The van der Waals surface area contributed by atoms with E-state index in [1.807, 2.05) is 18.2 Å². The molecule has 0 saturated heterocycles.